The highest BCUT2D eigenvalue weighted by molar-refractivity contribution is 7.71. The second kappa shape index (κ2) is 9.84. The number of ether oxygens (including phenoxy) is 1. The second-order valence-corrected chi connectivity index (χ2v) is 7.79. The Morgan fingerprint density at radius 2 is 2.04 bits per heavy atom. The Labute approximate surface area is 171 Å². The molecule has 1 atom stereocenters. The maximum absolute atomic E-state index is 12.3. The molecule has 1 aromatic heterocycles. The average molecular weight is 404 g/mol. The van der Waals surface area contributed by atoms with E-state index in [9.17, 15) is 4.79 Å². The van der Waals surface area contributed by atoms with Crippen molar-refractivity contribution in [1.29, 1.82) is 0 Å². The van der Waals surface area contributed by atoms with Gasteiger partial charge in [-0.25, -0.2) is 0 Å². The third-order valence-corrected chi connectivity index (χ3v) is 5.40. The Morgan fingerprint density at radius 3 is 2.71 bits per heavy atom. The number of aromatic nitrogens is 3. The van der Waals surface area contributed by atoms with Crippen LogP contribution in [0.25, 0.3) is 11.4 Å². The predicted octanol–water partition coefficient (Wildman–Crippen LogP) is 2.85. The smallest absolute Gasteiger partial charge is 0.221 e. The Kier molecular flexibility index (Phi) is 7.22. The summed E-state index contributed by atoms with van der Waals surface area (Å²) < 4.78 is 7.58. The van der Waals surface area contributed by atoms with Gasteiger partial charge in [-0.3, -0.25) is 14.5 Å². The van der Waals surface area contributed by atoms with Gasteiger partial charge in [-0.15, -0.1) is 0 Å². The number of hydrogen-bond donors (Lipinski definition) is 2. The lowest BCUT2D eigenvalue weighted by atomic mass is 10.1. The number of carbonyl (C=O) groups excluding carboxylic acids is 1. The first-order valence-corrected chi connectivity index (χ1v) is 10.3. The number of hydrogen-bond acceptors (Lipinski definition) is 5. The van der Waals surface area contributed by atoms with Gasteiger partial charge >= 0.3 is 0 Å². The second-order valence-electron chi connectivity index (χ2n) is 7.40. The van der Waals surface area contributed by atoms with Crippen LogP contribution >= 0.6 is 12.2 Å². The Hall–Kier alpha value is -2.19. The lowest BCUT2D eigenvalue weighted by Gasteiger charge is -2.20. The SMILES string of the molecule is COc1ccc(-c2n[nH]c(=S)n2CCC(=O)NCC(C)CN2CCCC2)cc1. The molecule has 0 aliphatic carbocycles. The molecule has 7 nitrogen and oxygen atoms in total. The van der Waals surface area contributed by atoms with E-state index in [4.69, 9.17) is 17.0 Å². The summed E-state index contributed by atoms with van der Waals surface area (Å²) in [6.07, 6.45) is 2.95. The van der Waals surface area contributed by atoms with Gasteiger partial charge in [0.2, 0.25) is 5.91 Å². The molecule has 0 saturated carbocycles. The summed E-state index contributed by atoms with van der Waals surface area (Å²) in [5.74, 6) is 2.00. The molecular weight excluding hydrogens is 374 g/mol. The molecule has 1 amide bonds. The Morgan fingerprint density at radius 1 is 1.32 bits per heavy atom. The number of H-pyrrole nitrogens is 1. The van der Waals surface area contributed by atoms with Crippen LogP contribution < -0.4 is 10.1 Å². The van der Waals surface area contributed by atoms with Crippen molar-refractivity contribution in [3.8, 4) is 17.1 Å². The van der Waals surface area contributed by atoms with Crippen molar-refractivity contribution in [2.45, 2.75) is 32.7 Å². The predicted molar refractivity (Wildman–Crippen MR) is 112 cm³/mol. The van der Waals surface area contributed by atoms with Gasteiger partial charge < -0.3 is 15.0 Å². The standard InChI is InChI=1S/C20H29N5O2S/c1-15(14-24-10-3-4-11-24)13-21-18(26)9-12-25-19(22-23-20(25)28)16-5-7-17(27-2)8-6-16/h5-8,15H,3-4,9-14H2,1-2H3,(H,21,26)(H,23,28). The van der Waals surface area contributed by atoms with E-state index in [0.29, 0.717) is 30.2 Å². The summed E-state index contributed by atoms with van der Waals surface area (Å²) >= 11 is 5.34. The van der Waals surface area contributed by atoms with Crippen LogP contribution in [-0.2, 0) is 11.3 Å². The largest absolute Gasteiger partial charge is 0.497 e. The summed E-state index contributed by atoms with van der Waals surface area (Å²) in [5, 5.41) is 10.2. The first-order chi connectivity index (χ1) is 13.6. The minimum Gasteiger partial charge on any atom is -0.497 e. The van der Waals surface area contributed by atoms with E-state index >= 15 is 0 Å². The number of rotatable bonds is 9. The number of nitrogens with one attached hydrogen (secondary N) is 2. The fraction of sp³-hybridized carbons (Fsp3) is 0.550. The van der Waals surface area contributed by atoms with Crippen LogP contribution in [0.5, 0.6) is 5.75 Å². The van der Waals surface area contributed by atoms with Crippen molar-refractivity contribution in [3.63, 3.8) is 0 Å². The third kappa shape index (κ3) is 5.42. The van der Waals surface area contributed by atoms with Crippen molar-refractivity contribution >= 4 is 18.1 Å². The monoisotopic (exact) mass is 403 g/mol. The number of carbonyl (C=O) groups is 1. The molecule has 0 spiro atoms. The molecule has 1 aromatic carbocycles. The fourth-order valence-electron chi connectivity index (χ4n) is 3.55. The number of nitrogens with zero attached hydrogens (tertiary/aromatic N) is 3. The highest BCUT2D eigenvalue weighted by Crippen LogP contribution is 2.21. The maximum atomic E-state index is 12.3. The van der Waals surface area contributed by atoms with E-state index in [1.807, 2.05) is 28.8 Å². The summed E-state index contributed by atoms with van der Waals surface area (Å²) in [4.78, 5) is 14.8. The van der Waals surface area contributed by atoms with Crippen LogP contribution in [0.2, 0.25) is 0 Å². The number of likely N-dealkylation sites (tertiary alicyclic amines) is 1. The van der Waals surface area contributed by atoms with E-state index in [1.165, 1.54) is 25.9 Å². The van der Waals surface area contributed by atoms with Gasteiger partial charge in [-0.1, -0.05) is 6.92 Å². The molecule has 2 aromatic rings. The summed E-state index contributed by atoms with van der Waals surface area (Å²) in [7, 11) is 1.63. The molecule has 2 heterocycles. The first-order valence-electron chi connectivity index (χ1n) is 9.85. The fourth-order valence-corrected chi connectivity index (χ4v) is 3.77. The summed E-state index contributed by atoms with van der Waals surface area (Å²) in [6, 6.07) is 7.62. The molecule has 1 fully saturated rings. The van der Waals surface area contributed by atoms with Gasteiger partial charge in [0.25, 0.3) is 0 Å². The average Bonchev–Trinajstić information content (AvgIpc) is 3.34. The van der Waals surface area contributed by atoms with Gasteiger partial charge in [0.1, 0.15) is 5.75 Å². The van der Waals surface area contributed by atoms with Crippen molar-refractivity contribution < 1.29 is 9.53 Å². The topological polar surface area (TPSA) is 75.2 Å². The summed E-state index contributed by atoms with van der Waals surface area (Å²) in [5.41, 5.74) is 0.924. The van der Waals surface area contributed by atoms with Gasteiger partial charge in [-0.2, -0.15) is 5.10 Å². The quantitative estimate of drug-likeness (QED) is 0.630. The van der Waals surface area contributed by atoms with Crippen molar-refractivity contribution in [1.82, 2.24) is 25.0 Å². The van der Waals surface area contributed by atoms with Crippen LogP contribution in [-0.4, -0.2) is 58.9 Å². The molecule has 0 radical (unpaired) electrons. The molecule has 8 heteroatoms. The van der Waals surface area contributed by atoms with E-state index in [-0.39, 0.29) is 5.91 Å². The molecule has 3 rings (SSSR count). The maximum Gasteiger partial charge on any atom is 0.221 e. The van der Waals surface area contributed by atoms with Gasteiger partial charge in [0.05, 0.1) is 7.11 Å². The van der Waals surface area contributed by atoms with Crippen molar-refractivity contribution in [2.24, 2.45) is 5.92 Å². The molecule has 0 bridgehead atoms. The van der Waals surface area contributed by atoms with Crippen LogP contribution in [0.3, 0.4) is 0 Å². The van der Waals surface area contributed by atoms with Crippen LogP contribution in [0.4, 0.5) is 0 Å². The van der Waals surface area contributed by atoms with Gasteiger partial charge in [0.15, 0.2) is 10.6 Å². The molecule has 2 N–H and O–H groups in total. The van der Waals surface area contributed by atoms with Crippen LogP contribution in [0, 0.1) is 10.7 Å². The van der Waals surface area contributed by atoms with Gasteiger partial charge in [0, 0.05) is 31.6 Å². The molecule has 152 valence electrons. The lowest BCUT2D eigenvalue weighted by molar-refractivity contribution is -0.121. The highest BCUT2D eigenvalue weighted by atomic mass is 32.1. The number of amides is 1. The number of benzene rings is 1. The number of methoxy groups -OCH3 is 1. The first kappa shape index (κ1) is 20.5. The number of aromatic amines is 1. The van der Waals surface area contributed by atoms with Crippen LogP contribution in [0.15, 0.2) is 24.3 Å². The highest BCUT2D eigenvalue weighted by Gasteiger charge is 2.15. The normalized spacial score (nSPS) is 15.5. The molecule has 1 aliphatic rings. The molecule has 1 aliphatic heterocycles. The van der Waals surface area contributed by atoms with Crippen molar-refractivity contribution in [2.75, 3.05) is 33.3 Å². The minimum absolute atomic E-state index is 0.0389. The Bertz CT molecular complexity index is 824. The zero-order valence-corrected chi connectivity index (χ0v) is 17.4. The molecule has 28 heavy (non-hydrogen) atoms. The molecule has 1 unspecified atom stereocenters. The van der Waals surface area contributed by atoms with E-state index < -0.39 is 0 Å². The lowest BCUT2D eigenvalue weighted by Crippen LogP contribution is -2.34. The molecule has 1 saturated heterocycles. The minimum atomic E-state index is 0.0389. The Balaban J connectivity index is 1.51. The van der Waals surface area contributed by atoms with Crippen LogP contribution in [0.1, 0.15) is 26.2 Å². The molecular formula is C20H29N5O2S. The van der Waals surface area contributed by atoms with E-state index in [1.54, 1.807) is 7.11 Å². The zero-order valence-electron chi connectivity index (χ0n) is 16.6. The van der Waals surface area contributed by atoms with Gasteiger partial charge in [-0.05, 0) is 68.3 Å². The van der Waals surface area contributed by atoms with E-state index in [0.717, 1.165) is 23.7 Å². The van der Waals surface area contributed by atoms with Crippen molar-refractivity contribution in [3.05, 3.63) is 29.0 Å². The summed E-state index contributed by atoms with van der Waals surface area (Å²) in [6.45, 7) is 6.80. The van der Waals surface area contributed by atoms with E-state index in [2.05, 4.69) is 27.3 Å². The zero-order chi connectivity index (χ0) is 19.9. The third-order valence-electron chi connectivity index (χ3n) is 5.09.